The number of nitrogens with zero attached hydrogens (tertiary/aromatic N) is 1. The first-order chi connectivity index (χ1) is 14.6. The van der Waals surface area contributed by atoms with Gasteiger partial charge in [-0.1, -0.05) is 12.1 Å². The summed E-state index contributed by atoms with van der Waals surface area (Å²) in [5, 5.41) is 5.00. The molecule has 1 N–H and O–H groups in total. The maximum atomic E-state index is 13.4. The molecule has 2 aromatic heterocycles. The van der Waals surface area contributed by atoms with E-state index in [0.717, 1.165) is 6.07 Å². The first-order valence-corrected chi connectivity index (χ1v) is 9.90. The molecule has 152 valence electrons. The van der Waals surface area contributed by atoms with E-state index in [1.54, 1.807) is 29.6 Å². The van der Waals surface area contributed by atoms with Crippen LogP contribution in [0.3, 0.4) is 0 Å². The van der Waals surface area contributed by atoms with Gasteiger partial charge in [-0.05, 0) is 42.0 Å². The summed E-state index contributed by atoms with van der Waals surface area (Å²) in [5.74, 6) is -0.494. The Kier molecular flexibility index (Phi) is 5.85. The molecule has 2 heterocycles. The van der Waals surface area contributed by atoms with Gasteiger partial charge < -0.3 is 14.5 Å². The van der Waals surface area contributed by atoms with Crippen molar-refractivity contribution in [1.29, 1.82) is 0 Å². The minimum Gasteiger partial charge on any atom is -0.488 e. The number of rotatable bonds is 7. The molecular formula is C22H16F2N2O3S. The Labute approximate surface area is 175 Å². The van der Waals surface area contributed by atoms with Crippen LogP contribution in [0.1, 0.15) is 21.8 Å². The van der Waals surface area contributed by atoms with Gasteiger partial charge in [0, 0.05) is 11.4 Å². The van der Waals surface area contributed by atoms with Gasteiger partial charge >= 0.3 is 0 Å². The zero-order chi connectivity index (χ0) is 20.9. The summed E-state index contributed by atoms with van der Waals surface area (Å²) in [6.07, 6.45) is 1.54. The van der Waals surface area contributed by atoms with Crippen LogP contribution in [-0.4, -0.2) is 10.9 Å². The Balaban J connectivity index is 1.47. The Morgan fingerprint density at radius 3 is 2.67 bits per heavy atom. The van der Waals surface area contributed by atoms with E-state index in [1.807, 2.05) is 12.1 Å². The van der Waals surface area contributed by atoms with Crippen LogP contribution in [0.4, 0.5) is 8.78 Å². The van der Waals surface area contributed by atoms with E-state index < -0.39 is 11.6 Å². The van der Waals surface area contributed by atoms with Crippen molar-refractivity contribution < 1.29 is 22.7 Å². The van der Waals surface area contributed by atoms with Crippen molar-refractivity contribution in [3.8, 4) is 16.3 Å². The number of ether oxygens (including phenoxy) is 1. The van der Waals surface area contributed by atoms with Gasteiger partial charge in [0.15, 0.2) is 0 Å². The first kappa shape index (κ1) is 19.8. The second kappa shape index (κ2) is 8.87. The molecule has 0 aliphatic carbocycles. The zero-order valence-corrected chi connectivity index (χ0v) is 16.4. The smallest absolute Gasteiger partial charge is 0.271 e. The highest BCUT2D eigenvalue weighted by Gasteiger charge is 2.15. The first-order valence-electron chi connectivity index (χ1n) is 9.02. The van der Waals surface area contributed by atoms with E-state index in [0.29, 0.717) is 27.6 Å². The molecular weight excluding hydrogens is 410 g/mol. The number of benzene rings is 2. The van der Waals surface area contributed by atoms with E-state index in [1.165, 1.54) is 29.7 Å². The van der Waals surface area contributed by atoms with Crippen molar-refractivity contribution in [3.63, 3.8) is 0 Å². The molecule has 0 bridgehead atoms. The molecule has 5 nitrogen and oxygen atoms in total. The van der Waals surface area contributed by atoms with Crippen LogP contribution in [-0.2, 0) is 13.2 Å². The summed E-state index contributed by atoms with van der Waals surface area (Å²) in [4.78, 5) is 16.7. The lowest BCUT2D eigenvalue weighted by molar-refractivity contribution is 0.0944. The number of thiazole rings is 1. The Bertz CT molecular complexity index is 1140. The van der Waals surface area contributed by atoms with Crippen LogP contribution in [0.15, 0.2) is 70.7 Å². The summed E-state index contributed by atoms with van der Waals surface area (Å²) in [7, 11) is 0. The monoisotopic (exact) mass is 426 g/mol. The predicted molar refractivity (Wildman–Crippen MR) is 108 cm³/mol. The lowest BCUT2D eigenvalue weighted by Crippen LogP contribution is -2.22. The number of furan rings is 1. The molecule has 0 unspecified atom stereocenters. The summed E-state index contributed by atoms with van der Waals surface area (Å²) in [6.45, 7) is 0.260. The Morgan fingerprint density at radius 2 is 1.90 bits per heavy atom. The van der Waals surface area contributed by atoms with Crippen LogP contribution in [0.2, 0.25) is 0 Å². The highest BCUT2D eigenvalue weighted by molar-refractivity contribution is 7.13. The Hall–Kier alpha value is -3.52. The van der Waals surface area contributed by atoms with E-state index >= 15 is 0 Å². The van der Waals surface area contributed by atoms with Crippen LogP contribution in [0.25, 0.3) is 10.6 Å². The van der Waals surface area contributed by atoms with Gasteiger partial charge in [-0.25, -0.2) is 13.8 Å². The molecule has 1 amide bonds. The molecule has 8 heteroatoms. The molecule has 0 fully saturated rings. The van der Waals surface area contributed by atoms with E-state index in [-0.39, 0.29) is 24.8 Å². The number of aromatic nitrogens is 1. The van der Waals surface area contributed by atoms with Crippen molar-refractivity contribution in [2.24, 2.45) is 0 Å². The third kappa shape index (κ3) is 4.72. The maximum Gasteiger partial charge on any atom is 0.271 e. The fraction of sp³-hybridized carbons (Fsp3) is 0.0909. The average Bonchev–Trinajstić information content (AvgIpc) is 3.42. The van der Waals surface area contributed by atoms with E-state index in [9.17, 15) is 13.6 Å². The SMILES string of the molecule is O=C(NCc1ccco1)c1csc(-c2ccccc2OCc2cc(F)cc(F)c2)n1. The summed E-state index contributed by atoms with van der Waals surface area (Å²) in [5.41, 5.74) is 1.34. The van der Waals surface area contributed by atoms with E-state index in [2.05, 4.69) is 10.3 Å². The van der Waals surface area contributed by atoms with Crippen molar-refractivity contribution in [3.05, 3.63) is 94.9 Å². The van der Waals surface area contributed by atoms with Gasteiger partial charge in [0.2, 0.25) is 0 Å². The summed E-state index contributed by atoms with van der Waals surface area (Å²) >= 11 is 1.30. The molecule has 2 aromatic carbocycles. The average molecular weight is 426 g/mol. The highest BCUT2D eigenvalue weighted by atomic mass is 32.1. The number of amides is 1. The largest absolute Gasteiger partial charge is 0.488 e. The summed E-state index contributed by atoms with van der Waals surface area (Å²) < 4.78 is 37.7. The molecule has 0 saturated carbocycles. The van der Waals surface area contributed by atoms with E-state index in [4.69, 9.17) is 9.15 Å². The standard InChI is InChI=1S/C22H16F2N2O3S/c23-15-8-14(9-16(24)10-15)12-29-20-6-2-1-5-18(20)22-26-19(13-30-22)21(27)25-11-17-4-3-7-28-17/h1-10,13H,11-12H2,(H,25,27). The number of hydrogen-bond donors (Lipinski definition) is 1. The van der Waals surface area contributed by atoms with Gasteiger partial charge in [-0.15, -0.1) is 11.3 Å². The fourth-order valence-electron chi connectivity index (χ4n) is 2.80. The van der Waals surface area contributed by atoms with Crippen LogP contribution in [0.5, 0.6) is 5.75 Å². The molecule has 0 aliphatic rings. The van der Waals surface area contributed by atoms with Gasteiger partial charge in [-0.2, -0.15) is 0 Å². The van der Waals surface area contributed by atoms with Gasteiger partial charge in [-0.3, -0.25) is 4.79 Å². The fourth-order valence-corrected chi connectivity index (χ4v) is 3.63. The minimum absolute atomic E-state index is 0.00639. The highest BCUT2D eigenvalue weighted by Crippen LogP contribution is 2.32. The second-order valence-corrected chi connectivity index (χ2v) is 7.22. The van der Waals surface area contributed by atoms with Crippen LogP contribution < -0.4 is 10.1 Å². The topological polar surface area (TPSA) is 64.4 Å². The molecule has 0 saturated heterocycles. The predicted octanol–water partition coefficient (Wildman–Crippen LogP) is 5.19. The number of nitrogens with one attached hydrogen (secondary N) is 1. The number of hydrogen-bond acceptors (Lipinski definition) is 5. The summed E-state index contributed by atoms with van der Waals surface area (Å²) in [6, 6.07) is 13.9. The number of para-hydroxylation sites is 1. The lowest BCUT2D eigenvalue weighted by Gasteiger charge is -2.10. The normalized spacial score (nSPS) is 10.7. The third-order valence-corrected chi connectivity index (χ3v) is 5.05. The van der Waals surface area contributed by atoms with Crippen LogP contribution in [0, 0.1) is 11.6 Å². The zero-order valence-electron chi connectivity index (χ0n) is 15.6. The van der Waals surface area contributed by atoms with Gasteiger partial charge in [0.05, 0.1) is 18.4 Å². The number of carbonyl (C=O) groups excluding carboxylic acids is 1. The molecule has 4 aromatic rings. The maximum absolute atomic E-state index is 13.4. The lowest BCUT2D eigenvalue weighted by atomic mass is 10.2. The molecule has 30 heavy (non-hydrogen) atoms. The molecule has 4 rings (SSSR count). The van der Waals surface area contributed by atoms with Crippen molar-refractivity contribution >= 4 is 17.2 Å². The molecule has 0 radical (unpaired) electrons. The van der Waals surface area contributed by atoms with Crippen molar-refractivity contribution in [1.82, 2.24) is 10.3 Å². The van der Waals surface area contributed by atoms with Crippen molar-refractivity contribution in [2.45, 2.75) is 13.2 Å². The van der Waals surface area contributed by atoms with Crippen LogP contribution >= 0.6 is 11.3 Å². The van der Waals surface area contributed by atoms with Gasteiger partial charge in [0.1, 0.15) is 40.5 Å². The third-order valence-electron chi connectivity index (χ3n) is 4.17. The quantitative estimate of drug-likeness (QED) is 0.442. The minimum atomic E-state index is -0.660. The molecule has 0 atom stereocenters. The Morgan fingerprint density at radius 1 is 1.10 bits per heavy atom. The number of halogens is 2. The van der Waals surface area contributed by atoms with Gasteiger partial charge in [0.25, 0.3) is 5.91 Å². The molecule has 0 spiro atoms. The molecule has 0 aliphatic heterocycles. The van der Waals surface area contributed by atoms with Crippen molar-refractivity contribution in [2.75, 3.05) is 0 Å². The number of carbonyl (C=O) groups is 1. The second-order valence-electron chi connectivity index (χ2n) is 6.36.